The fraction of sp³-hybridized carbons (Fsp3) is 0.259. The number of nitrogens with one attached hydrogen (secondary N) is 7. The molecule has 0 bridgehead atoms. The number of aryl methyl sites for hydroxylation is 4. The molecule has 10 N–H and O–H groups in total. The molecule has 4 heterocycles. The number of nitrogens with two attached hydrogens (primary N) is 1. The fourth-order valence-corrected chi connectivity index (χ4v) is 10.4. The molecule has 4 aliphatic rings. The summed E-state index contributed by atoms with van der Waals surface area (Å²) in [6, 6.07) is 30.1. The van der Waals surface area contributed by atoms with Gasteiger partial charge in [0, 0.05) is 49.6 Å². The summed E-state index contributed by atoms with van der Waals surface area (Å²) in [6.45, 7) is 1.43. The summed E-state index contributed by atoms with van der Waals surface area (Å²) in [5.41, 5.74) is 26.5. The van der Waals surface area contributed by atoms with Gasteiger partial charge in [-0.1, -0.05) is 107 Å². The Bertz CT molecular complexity index is 3240. The number of halogens is 5. The van der Waals surface area contributed by atoms with Gasteiger partial charge in [0.1, 0.15) is 6.04 Å². The zero-order valence-electron chi connectivity index (χ0n) is 42.0. The standard InChI is InChI=1S/C27H26Cl2N6O2S.C22H18Cl2N4O2S.C5H10N2O.ClH/c1-35-11-10-22(26(35)37)31-25(36)17-12-21(29)24(30-14-17)33-34-27(38)32-23-19-5-3-2-4-15(19)6-7-16-8-9-18(28)13-20(16)23;23-15-8-7-13-6-5-12-3-1-2-4-16(12)19(17(13)10-15)26-22(31)28-27-20-18(24)9-14(11-25-20)21(29)30;1-7-3-2-4(6)5(7)8;/h2-5,8-9,12-14,22-23H,6-7,10-11H2,1H3,(H,30,33)(H,31,36)(H2,32,34,38);1-4,7-11,19H,5-6H2,(H,25,27)(H,29,30)(H2,26,28,31);4H,2-3,6H2,1H3;1H/t;;4-;/m..1./s1. The molecule has 0 saturated carbocycles. The Labute approximate surface area is 488 Å². The lowest BCUT2D eigenvalue weighted by atomic mass is 9.95. The van der Waals surface area contributed by atoms with E-state index in [0.29, 0.717) is 39.1 Å². The number of carboxylic acids is 1. The molecule has 2 fully saturated rings. The maximum Gasteiger partial charge on any atom is 0.337 e. The van der Waals surface area contributed by atoms with Gasteiger partial charge in [-0.25, -0.2) is 14.8 Å². The van der Waals surface area contributed by atoms with Gasteiger partial charge >= 0.3 is 5.97 Å². The maximum atomic E-state index is 12.6. The summed E-state index contributed by atoms with van der Waals surface area (Å²) < 4.78 is 0. The van der Waals surface area contributed by atoms with Crippen molar-refractivity contribution in [1.82, 2.24) is 46.6 Å². The van der Waals surface area contributed by atoms with E-state index in [9.17, 15) is 19.2 Å². The summed E-state index contributed by atoms with van der Waals surface area (Å²) in [7, 11) is 3.48. The predicted octanol–water partition coefficient (Wildman–Crippen LogP) is 8.39. The second-order valence-corrected chi connectivity index (χ2v) is 21.0. The number of aromatic nitrogens is 2. The van der Waals surface area contributed by atoms with E-state index in [2.05, 4.69) is 84.0 Å². The van der Waals surface area contributed by atoms with Crippen molar-refractivity contribution in [1.29, 1.82) is 0 Å². The van der Waals surface area contributed by atoms with Crippen molar-refractivity contribution >= 4 is 129 Å². The topological polar surface area (TPSA) is 231 Å². The molecule has 2 aromatic heterocycles. The average Bonchev–Trinajstić information content (AvgIpc) is 3.78. The number of benzene rings is 4. The van der Waals surface area contributed by atoms with Crippen LogP contribution in [0.25, 0.3) is 0 Å². The lowest BCUT2D eigenvalue weighted by molar-refractivity contribution is -0.128. The molecule has 408 valence electrons. The first-order valence-electron chi connectivity index (χ1n) is 24.4. The number of amides is 3. The number of fused-ring (bicyclic) bond motifs is 4. The van der Waals surface area contributed by atoms with Gasteiger partial charge in [0.2, 0.25) is 11.8 Å². The van der Waals surface area contributed by atoms with Gasteiger partial charge in [-0.05, 0) is 144 Å². The third-order valence-electron chi connectivity index (χ3n) is 13.4. The number of rotatable bonds is 9. The van der Waals surface area contributed by atoms with Crippen LogP contribution < -0.4 is 43.4 Å². The molecule has 2 aliphatic heterocycles. The molecule has 4 atom stereocenters. The van der Waals surface area contributed by atoms with Crippen molar-refractivity contribution in [3.8, 4) is 0 Å². The van der Waals surface area contributed by atoms with Crippen LogP contribution in [0.2, 0.25) is 20.1 Å². The maximum absolute atomic E-state index is 12.6. The van der Waals surface area contributed by atoms with E-state index in [1.807, 2.05) is 48.5 Å². The highest BCUT2D eigenvalue weighted by Gasteiger charge is 2.31. The van der Waals surface area contributed by atoms with Crippen LogP contribution >= 0.6 is 83.2 Å². The van der Waals surface area contributed by atoms with E-state index in [1.54, 1.807) is 23.9 Å². The molecule has 0 spiro atoms. The van der Waals surface area contributed by atoms with Crippen LogP contribution in [0, 0.1) is 0 Å². The van der Waals surface area contributed by atoms with Gasteiger partial charge < -0.3 is 36.6 Å². The lowest BCUT2D eigenvalue weighted by Crippen LogP contribution is -2.41. The summed E-state index contributed by atoms with van der Waals surface area (Å²) in [6.07, 6.45) is 7.66. The third-order valence-corrected chi connectivity index (χ3v) is 14.9. The van der Waals surface area contributed by atoms with Crippen molar-refractivity contribution in [2.75, 3.05) is 38.0 Å². The summed E-state index contributed by atoms with van der Waals surface area (Å²) in [5, 5.41) is 20.9. The molecule has 78 heavy (non-hydrogen) atoms. The number of aromatic carboxylic acids is 1. The van der Waals surface area contributed by atoms with Gasteiger partial charge in [0.05, 0.1) is 39.3 Å². The van der Waals surface area contributed by atoms with Crippen molar-refractivity contribution in [2.45, 2.75) is 62.7 Å². The number of hydrogen-bond donors (Lipinski definition) is 9. The average molecular weight is 1190 g/mol. The predicted molar refractivity (Wildman–Crippen MR) is 316 cm³/mol. The van der Waals surface area contributed by atoms with Crippen LogP contribution in [-0.2, 0) is 35.3 Å². The van der Waals surface area contributed by atoms with Crippen molar-refractivity contribution < 1.29 is 24.3 Å². The number of thiocarbonyl (C=S) groups is 2. The number of hydrazine groups is 2. The molecule has 2 aliphatic carbocycles. The Hall–Kier alpha value is -6.55. The zero-order valence-corrected chi connectivity index (χ0v) is 47.5. The number of carbonyl (C=O) groups excluding carboxylic acids is 3. The molecular formula is C54H55Cl5N12O5S2. The highest BCUT2D eigenvalue weighted by molar-refractivity contribution is 7.80. The van der Waals surface area contributed by atoms with Crippen molar-refractivity contribution in [3.63, 3.8) is 0 Å². The molecule has 0 radical (unpaired) electrons. The first-order chi connectivity index (χ1) is 36.9. The zero-order chi connectivity index (χ0) is 54.9. The number of nitrogens with zero attached hydrogens (tertiary/aromatic N) is 4. The van der Waals surface area contributed by atoms with Crippen LogP contribution in [0.3, 0.4) is 0 Å². The minimum atomic E-state index is -1.10. The minimum Gasteiger partial charge on any atom is -0.478 e. The van der Waals surface area contributed by atoms with Crippen molar-refractivity contribution in [3.05, 3.63) is 185 Å². The minimum absolute atomic E-state index is 0. The quantitative estimate of drug-likeness (QED) is 0.0489. The van der Waals surface area contributed by atoms with E-state index >= 15 is 0 Å². The Morgan fingerprint density at radius 3 is 1.45 bits per heavy atom. The van der Waals surface area contributed by atoms with Gasteiger partial charge in [0.15, 0.2) is 21.9 Å². The van der Waals surface area contributed by atoms with Crippen LogP contribution in [0.4, 0.5) is 11.6 Å². The SMILES string of the molecule is CN1CCC(NC(=O)c2cnc(NNC(=S)NC3c4ccccc4CCc4ccc(Cl)cc43)c(Cl)c2)C1=O.CN1CC[C@@H](N)C1=O.Cl.O=C(O)c1cnc(NNC(=S)NC2c3ccccc3CCc3ccc(Cl)cc32)c(Cl)c1. The molecule has 2 saturated heterocycles. The number of likely N-dealkylation sites (N-methyl/N-ethyl adjacent to an activating group) is 2. The molecular weight excluding hydrogens is 1140 g/mol. The van der Waals surface area contributed by atoms with Gasteiger partial charge in [-0.15, -0.1) is 12.4 Å². The summed E-state index contributed by atoms with van der Waals surface area (Å²) >= 11 is 36.2. The fourth-order valence-electron chi connectivity index (χ4n) is 9.31. The lowest BCUT2D eigenvalue weighted by Gasteiger charge is -2.24. The largest absolute Gasteiger partial charge is 0.478 e. The molecule has 24 heteroatoms. The summed E-state index contributed by atoms with van der Waals surface area (Å²) in [4.78, 5) is 58.0. The first kappa shape index (κ1) is 59.1. The Morgan fingerprint density at radius 1 is 0.603 bits per heavy atom. The number of likely N-dealkylation sites (tertiary alicyclic amines) is 2. The monoisotopic (exact) mass is 1190 g/mol. The normalized spacial score (nSPS) is 17.7. The number of pyridine rings is 2. The Kier molecular flexibility index (Phi) is 20.4. The Balaban J connectivity index is 0.000000198. The van der Waals surface area contributed by atoms with E-state index in [-0.39, 0.29) is 69.3 Å². The van der Waals surface area contributed by atoms with Gasteiger partial charge in [-0.2, -0.15) is 0 Å². The number of carbonyl (C=O) groups is 4. The van der Waals surface area contributed by atoms with E-state index in [0.717, 1.165) is 60.9 Å². The third kappa shape index (κ3) is 14.6. The molecule has 3 unspecified atom stereocenters. The summed E-state index contributed by atoms with van der Waals surface area (Å²) in [5.74, 6) is -0.981. The van der Waals surface area contributed by atoms with E-state index in [4.69, 9.17) is 81.7 Å². The highest BCUT2D eigenvalue weighted by atomic mass is 35.5. The van der Waals surface area contributed by atoms with Crippen LogP contribution in [0.15, 0.2) is 109 Å². The smallest absolute Gasteiger partial charge is 0.337 e. The van der Waals surface area contributed by atoms with E-state index in [1.165, 1.54) is 46.8 Å². The molecule has 17 nitrogen and oxygen atoms in total. The second kappa shape index (κ2) is 26.9. The first-order valence-corrected chi connectivity index (χ1v) is 26.7. The van der Waals surface area contributed by atoms with E-state index < -0.39 is 17.9 Å². The van der Waals surface area contributed by atoms with Gasteiger partial charge in [0.25, 0.3) is 5.91 Å². The van der Waals surface area contributed by atoms with Crippen LogP contribution in [0.5, 0.6) is 0 Å². The number of carboxylic acid groups (broad SMARTS) is 1. The molecule has 4 aromatic carbocycles. The number of hydrogen-bond acceptors (Lipinski definition) is 11. The molecule has 10 rings (SSSR count). The van der Waals surface area contributed by atoms with Crippen LogP contribution in [-0.4, -0.2) is 98.1 Å². The number of anilines is 2. The van der Waals surface area contributed by atoms with Crippen molar-refractivity contribution in [2.24, 2.45) is 5.73 Å². The second-order valence-electron chi connectivity index (χ2n) is 18.5. The Morgan fingerprint density at radius 2 is 1.04 bits per heavy atom. The molecule has 6 aromatic rings. The van der Waals surface area contributed by atoms with Gasteiger partial charge in [-0.3, -0.25) is 36.1 Å². The molecule has 3 amide bonds. The highest BCUT2D eigenvalue weighted by Crippen LogP contribution is 2.36. The van der Waals surface area contributed by atoms with Crippen LogP contribution in [0.1, 0.15) is 90.1 Å².